The van der Waals surface area contributed by atoms with Crippen molar-refractivity contribution in [2.75, 3.05) is 27.2 Å². The molecule has 1 atom stereocenters. The first-order chi connectivity index (χ1) is 17.9. The molecule has 2 aromatic carbocycles. The second-order valence-corrected chi connectivity index (χ2v) is 9.42. The molecular weight excluding hydrogens is 470 g/mol. The van der Waals surface area contributed by atoms with E-state index in [9.17, 15) is 14.7 Å². The van der Waals surface area contributed by atoms with E-state index in [4.69, 9.17) is 4.42 Å². The highest BCUT2D eigenvalue weighted by Gasteiger charge is 2.29. The number of hydrogen-bond acceptors (Lipinski definition) is 6. The van der Waals surface area contributed by atoms with Crippen molar-refractivity contribution >= 4 is 28.4 Å². The molecule has 2 aromatic heterocycles. The van der Waals surface area contributed by atoms with Crippen LogP contribution in [0.2, 0.25) is 0 Å². The van der Waals surface area contributed by atoms with Gasteiger partial charge < -0.3 is 19.3 Å². The average molecular weight is 500 g/mol. The fourth-order valence-electron chi connectivity index (χ4n) is 4.68. The number of rotatable bonds is 7. The monoisotopic (exact) mass is 499 g/mol. The highest BCUT2D eigenvalue weighted by Crippen LogP contribution is 2.29. The summed E-state index contributed by atoms with van der Waals surface area (Å²) >= 11 is 0. The molecule has 37 heavy (non-hydrogen) atoms. The molecule has 0 bridgehead atoms. The summed E-state index contributed by atoms with van der Waals surface area (Å²) in [4.78, 5) is 29.5. The van der Waals surface area contributed by atoms with Crippen LogP contribution in [0.15, 0.2) is 71.4 Å². The molecule has 0 aliphatic carbocycles. The largest absolute Gasteiger partial charge is 0.451 e. The maximum Gasteiger partial charge on any atom is 0.289 e. The van der Waals surface area contributed by atoms with Gasteiger partial charge in [-0.15, -0.1) is 5.10 Å². The number of nitrogens with zero attached hydrogens (tertiary/aromatic N) is 5. The Balaban J connectivity index is 1.39. The van der Waals surface area contributed by atoms with Gasteiger partial charge in [0.2, 0.25) is 5.91 Å². The van der Waals surface area contributed by atoms with Crippen LogP contribution in [-0.4, -0.2) is 68.9 Å². The van der Waals surface area contributed by atoms with Gasteiger partial charge in [-0.05, 0) is 46.9 Å². The minimum atomic E-state index is -0.469. The van der Waals surface area contributed by atoms with Gasteiger partial charge in [0.05, 0.1) is 25.3 Å². The molecule has 1 N–H and O–H groups in total. The lowest BCUT2D eigenvalue weighted by Gasteiger charge is -2.31. The first-order valence-electron chi connectivity index (χ1n) is 12.2. The predicted molar refractivity (Wildman–Crippen MR) is 139 cm³/mol. The number of aromatic nitrogens is 3. The van der Waals surface area contributed by atoms with Crippen molar-refractivity contribution in [1.29, 1.82) is 0 Å². The number of carbonyl (C=O) groups excluding carboxylic acids is 2. The number of aliphatic hydroxyl groups excluding tert-OH is 1. The third-order valence-electron chi connectivity index (χ3n) is 6.64. The predicted octanol–water partition coefficient (Wildman–Crippen LogP) is 3.32. The zero-order valence-electron chi connectivity index (χ0n) is 20.9. The van der Waals surface area contributed by atoms with Crippen molar-refractivity contribution in [3.8, 4) is 0 Å². The number of carbonyl (C=O) groups is 2. The van der Waals surface area contributed by atoms with E-state index >= 15 is 0 Å². The lowest BCUT2D eigenvalue weighted by molar-refractivity contribution is -0.132. The third kappa shape index (κ3) is 5.17. The van der Waals surface area contributed by atoms with Crippen molar-refractivity contribution in [2.45, 2.75) is 25.5 Å². The van der Waals surface area contributed by atoms with Crippen LogP contribution in [0.5, 0.6) is 0 Å². The molecule has 0 fully saturated rings. The van der Waals surface area contributed by atoms with Crippen LogP contribution in [0.4, 0.5) is 0 Å². The molecule has 0 saturated carbocycles. The Morgan fingerprint density at radius 2 is 2.03 bits per heavy atom. The second-order valence-electron chi connectivity index (χ2n) is 9.42. The summed E-state index contributed by atoms with van der Waals surface area (Å²) in [6.07, 6.45) is 6.24. The van der Waals surface area contributed by atoms with Gasteiger partial charge in [0.25, 0.3) is 5.91 Å². The smallest absolute Gasteiger partial charge is 0.289 e. The van der Waals surface area contributed by atoms with E-state index in [0.717, 1.165) is 34.1 Å². The number of aliphatic hydroxyl groups is 1. The van der Waals surface area contributed by atoms with Gasteiger partial charge in [0.15, 0.2) is 5.76 Å². The van der Waals surface area contributed by atoms with Gasteiger partial charge in [-0.1, -0.05) is 41.6 Å². The SMILES string of the molecule is CN(C)C(=O)c1cc2cc(C3=CCCN(C(=O)[C@H](Cn4ccnn4)c4cccc(CO)c4)C3)ccc2o1. The van der Waals surface area contributed by atoms with E-state index < -0.39 is 5.92 Å². The van der Waals surface area contributed by atoms with Crippen molar-refractivity contribution in [2.24, 2.45) is 0 Å². The molecule has 0 unspecified atom stereocenters. The van der Waals surface area contributed by atoms with Crippen LogP contribution in [0.1, 0.15) is 39.6 Å². The number of furan rings is 1. The summed E-state index contributed by atoms with van der Waals surface area (Å²) in [7, 11) is 3.38. The van der Waals surface area contributed by atoms with Gasteiger partial charge >= 0.3 is 0 Å². The van der Waals surface area contributed by atoms with Gasteiger partial charge in [-0.2, -0.15) is 0 Å². The number of amides is 2. The summed E-state index contributed by atoms with van der Waals surface area (Å²) in [6.45, 7) is 1.35. The molecule has 5 rings (SSSR count). The quantitative estimate of drug-likeness (QED) is 0.418. The van der Waals surface area contributed by atoms with Crippen LogP contribution in [0, 0.1) is 0 Å². The number of fused-ring (bicyclic) bond motifs is 1. The average Bonchev–Trinajstić information content (AvgIpc) is 3.60. The molecule has 4 aromatic rings. The van der Waals surface area contributed by atoms with Crippen LogP contribution in [0.25, 0.3) is 16.5 Å². The molecular formula is C28H29N5O4. The molecule has 0 radical (unpaired) electrons. The molecule has 9 nitrogen and oxygen atoms in total. The Morgan fingerprint density at radius 3 is 2.78 bits per heavy atom. The Morgan fingerprint density at radius 1 is 1.16 bits per heavy atom. The van der Waals surface area contributed by atoms with Gasteiger partial charge in [0, 0.05) is 38.8 Å². The molecule has 3 heterocycles. The minimum absolute atomic E-state index is 0.000514. The van der Waals surface area contributed by atoms with E-state index in [2.05, 4.69) is 16.4 Å². The topological polar surface area (TPSA) is 105 Å². The number of benzene rings is 2. The minimum Gasteiger partial charge on any atom is -0.451 e. The second kappa shape index (κ2) is 10.4. The van der Waals surface area contributed by atoms with E-state index in [1.54, 1.807) is 37.2 Å². The molecule has 0 saturated heterocycles. The Hall–Kier alpha value is -4.24. The highest BCUT2D eigenvalue weighted by molar-refractivity contribution is 5.96. The van der Waals surface area contributed by atoms with Crippen molar-refractivity contribution < 1.29 is 19.1 Å². The zero-order chi connectivity index (χ0) is 25.9. The van der Waals surface area contributed by atoms with Gasteiger partial charge in [0.1, 0.15) is 5.58 Å². The van der Waals surface area contributed by atoms with Gasteiger partial charge in [-0.3, -0.25) is 14.3 Å². The zero-order valence-corrected chi connectivity index (χ0v) is 20.9. The Bertz CT molecular complexity index is 1450. The molecule has 1 aliphatic rings. The maximum absolute atomic E-state index is 13.9. The summed E-state index contributed by atoms with van der Waals surface area (Å²) < 4.78 is 7.40. The Kier molecular flexibility index (Phi) is 6.87. The van der Waals surface area contributed by atoms with Crippen LogP contribution in [-0.2, 0) is 17.9 Å². The maximum atomic E-state index is 13.9. The third-order valence-corrected chi connectivity index (χ3v) is 6.64. The van der Waals surface area contributed by atoms with E-state index in [0.29, 0.717) is 31.0 Å². The van der Waals surface area contributed by atoms with Crippen LogP contribution in [0.3, 0.4) is 0 Å². The number of hydrogen-bond donors (Lipinski definition) is 1. The molecule has 2 amide bonds. The van der Waals surface area contributed by atoms with Crippen molar-refractivity contribution in [1.82, 2.24) is 24.8 Å². The fourth-order valence-corrected chi connectivity index (χ4v) is 4.68. The lowest BCUT2D eigenvalue weighted by atomic mass is 9.93. The van der Waals surface area contributed by atoms with Crippen molar-refractivity contribution in [3.63, 3.8) is 0 Å². The first kappa shape index (κ1) is 24.5. The van der Waals surface area contributed by atoms with E-state index in [-0.39, 0.29) is 18.4 Å². The first-order valence-corrected chi connectivity index (χ1v) is 12.2. The Labute approximate surface area is 214 Å². The molecule has 1 aliphatic heterocycles. The fraction of sp³-hybridized carbons (Fsp3) is 0.286. The highest BCUT2D eigenvalue weighted by atomic mass is 16.3. The van der Waals surface area contributed by atoms with Crippen LogP contribution < -0.4 is 0 Å². The lowest BCUT2D eigenvalue weighted by Crippen LogP contribution is -2.40. The van der Waals surface area contributed by atoms with E-state index in [1.165, 1.54) is 4.90 Å². The molecule has 9 heteroatoms. The summed E-state index contributed by atoms with van der Waals surface area (Å²) in [5.74, 6) is -0.356. The summed E-state index contributed by atoms with van der Waals surface area (Å²) in [6, 6.07) is 15.1. The standard InChI is InChI=1S/C28H29N5O4/c1-31(2)28(36)26-15-23-14-20(8-9-25(23)37-26)22-7-4-11-32(16-22)27(35)24(17-33-12-10-29-30-33)21-6-3-5-19(13-21)18-34/h3,5-10,12-15,24,34H,4,11,16-18H2,1-2H3/t24-/m1/s1. The van der Waals surface area contributed by atoms with Crippen molar-refractivity contribution in [3.05, 3.63) is 89.5 Å². The molecule has 190 valence electrons. The van der Waals surface area contributed by atoms with E-state index in [1.807, 2.05) is 47.4 Å². The van der Waals surface area contributed by atoms with Crippen LogP contribution >= 0.6 is 0 Å². The molecule has 0 spiro atoms. The summed E-state index contributed by atoms with van der Waals surface area (Å²) in [5.41, 5.74) is 4.28. The normalized spacial score (nSPS) is 14.5. The summed E-state index contributed by atoms with van der Waals surface area (Å²) in [5, 5.41) is 18.4. The van der Waals surface area contributed by atoms with Gasteiger partial charge in [-0.25, -0.2) is 0 Å².